The molecule has 1 aliphatic rings. The number of hydrogen-bond acceptors (Lipinski definition) is 8. The largest absolute Gasteiger partial charge is 0.496 e. The van der Waals surface area contributed by atoms with E-state index in [0.29, 0.717) is 16.9 Å². The zero-order valence-corrected chi connectivity index (χ0v) is 23.9. The van der Waals surface area contributed by atoms with Crippen LogP contribution in [0.4, 0.5) is 11.4 Å². The second-order valence-corrected chi connectivity index (χ2v) is 10.9. The Labute approximate surface area is 238 Å². The molecule has 40 heavy (non-hydrogen) atoms. The molecule has 0 radical (unpaired) electrons. The highest BCUT2D eigenvalue weighted by Crippen LogP contribution is 2.33. The number of methoxy groups -OCH3 is 1. The summed E-state index contributed by atoms with van der Waals surface area (Å²) in [5, 5.41) is 3.20. The van der Waals surface area contributed by atoms with Crippen LogP contribution >= 0.6 is 11.5 Å². The molecule has 2 aromatic carbocycles. The molecule has 0 saturated heterocycles. The second kappa shape index (κ2) is 12.8. The third kappa shape index (κ3) is 6.36. The van der Waals surface area contributed by atoms with Gasteiger partial charge in [0, 0.05) is 31.4 Å². The molecule has 0 aliphatic heterocycles. The normalized spacial score (nSPS) is 14.3. The predicted molar refractivity (Wildman–Crippen MR) is 156 cm³/mol. The monoisotopic (exact) mass is 564 g/mol. The van der Waals surface area contributed by atoms with Crippen LogP contribution < -0.4 is 26.4 Å². The zero-order chi connectivity index (χ0) is 28.8. The van der Waals surface area contributed by atoms with E-state index in [1.165, 1.54) is 4.90 Å². The number of ether oxygens (including phenoxy) is 1. The van der Waals surface area contributed by atoms with Crippen molar-refractivity contribution in [3.05, 3.63) is 70.2 Å². The smallest absolute Gasteiger partial charge is 0.270 e. The third-order valence-corrected chi connectivity index (χ3v) is 8.04. The van der Waals surface area contributed by atoms with Gasteiger partial charge in [-0.2, -0.15) is 4.37 Å². The molecule has 1 aliphatic carbocycles. The SMILES string of the molecule is COc1ccccc1CN(C(=O)c1snc(C(N)=O)c1N)[C@@H](C(=O)NC1CCCCC1)c1ccc(N(C)C)cc1. The number of benzene rings is 2. The molecule has 1 aromatic heterocycles. The highest BCUT2D eigenvalue weighted by Gasteiger charge is 2.36. The number of nitrogens with two attached hydrogens (primary N) is 2. The molecule has 1 heterocycles. The lowest BCUT2D eigenvalue weighted by molar-refractivity contribution is -0.127. The molecular formula is C29H36N6O4S. The van der Waals surface area contributed by atoms with Crippen LogP contribution in [0.2, 0.25) is 0 Å². The minimum atomic E-state index is -0.992. The molecule has 3 amide bonds. The number of carbonyl (C=O) groups excluding carboxylic acids is 3. The number of nitrogens with one attached hydrogen (secondary N) is 1. The molecule has 0 unspecified atom stereocenters. The molecule has 4 rings (SSSR count). The summed E-state index contributed by atoms with van der Waals surface area (Å²) in [6, 6.07) is 13.9. The highest BCUT2D eigenvalue weighted by atomic mass is 32.1. The van der Waals surface area contributed by atoms with Gasteiger partial charge in [-0.25, -0.2) is 0 Å². The molecule has 212 valence electrons. The Morgan fingerprint density at radius 3 is 2.35 bits per heavy atom. The van der Waals surface area contributed by atoms with Gasteiger partial charge < -0.3 is 31.3 Å². The molecule has 1 saturated carbocycles. The topological polar surface area (TPSA) is 144 Å². The number of carbonyl (C=O) groups is 3. The number of nitrogens with zero attached hydrogens (tertiary/aromatic N) is 3. The van der Waals surface area contributed by atoms with Crippen LogP contribution in [0, 0.1) is 0 Å². The van der Waals surface area contributed by atoms with Gasteiger partial charge in [0.2, 0.25) is 5.91 Å². The van der Waals surface area contributed by atoms with Crippen molar-refractivity contribution in [1.82, 2.24) is 14.6 Å². The predicted octanol–water partition coefficient (Wildman–Crippen LogP) is 3.73. The van der Waals surface area contributed by atoms with Crippen molar-refractivity contribution in [1.29, 1.82) is 0 Å². The van der Waals surface area contributed by atoms with Crippen molar-refractivity contribution in [2.24, 2.45) is 5.73 Å². The molecular weight excluding hydrogens is 528 g/mol. The van der Waals surface area contributed by atoms with Gasteiger partial charge in [-0.05, 0) is 48.1 Å². The average molecular weight is 565 g/mol. The fourth-order valence-corrected chi connectivity index (χ4v) is 5.77. The lowest BCUT2D eigenvalue weighted by atomic mass is 9.94. The maximum absolute atomic E-state index is 14.2. The first kappa shape index (κ1) is 28.9. The maximum Gasteiger partial charge on any atom is 0.270 e. The Morgan fingerprint density at radius 2 is 1.75 bits per heavy atom. The minimum absolute atomic E-state index is 0.0305. The molecule has 1 atom stereocenters. The van der Waals surface area contributed by atoms with Crippen molar-refractivity contribution < 1.29 is 19.1 Å². The molecule has 10 nitrogen and oxygen atoms in total. The van der Waals surface area contributed by atoms with Crippen molar-refractivity contribution in [3.63, 3.8) is 0 Å². The Hall–Kier alpha value is -4.12. The lowest BCUT2D eigenvalue weighted by Gasteiger charge is -2.33. The molecule has 3 aromatic rings. The number of para-hydroxylation sites is 1. The number of primary amides is 1. The third-order valence-electron chi connectivity index (χ3n) is 7.19. The van der Waals surface area contributed by atoms with Gasteiger partial charge in [-0.1, -0.05) is 49.6 Å². The van der Waals surface area contributed by atoms with Gasteiger partial charge in [-0.3, -0.25) is 14.4 Å². The van der Waals surface area contributed by atoms with Crippen LogP contribution in [0.25, 0.3) is 0 Å². The molecule has 0 spiro atoms. The first-order valence-electron chi connectivity index (χ1n) is 13.3. The van der Waals surface area contributed by atoms with Crippen LogP contribution in [0.5, 0.6) is 5.75 Å². The van der Waals surface area contributed by atoms with Crippen LogP contribution in [-0.2, 0) is 11.3 Å². The second-order valence-electron chi connectivity index (χ2n) is 10.1. The summed E-state index contributed by atoms with van der Waals surface area (Å²) in [4.78, 5) is 43.6. The minimum Gasteiger partial charge on any atom is -0.496 e. The first-order chi connectivity index (χ1) is 19.2. The van der Waals surface area contributed by atoms with Gasteiger partial charge in [0.1, 0.15) is 16.7 Å². The Morgan fingerprint density at radius 1 is 1.07 bits per heavy atom. The Kier molecular flexibility index (Phi) is 9.26. The van der Waals surface area contributed by atoms with E-state index in [1.54, 1.807) is 13.2 Å². The van der Waals surface area contributed by atoms with E-state index in [-0.39, 0.29) is 34.8 Å². The maximum atomic E-state index is 14.2. The summed E-state index contributed by atoms with van der Waals surface area (Å²) >= 11 is 0.791. The van der Waals surface area contributed by atoms with Crippen LogP contribution in [0.3, 0.4) is 0 Å². The van der Waals surface area contributed by atoms with E-state index in [1.807, 2.05) is 61.5 Å². The molecule has 5 N–H and O–H groups in total. The summed E-state index contributed by atoms with van der Waals surface area (Å²) in [5.41, 5.74) is 13.6. The van der Waals surface area contributed by atoms with E-state index >= 15 is 0 Å². The number of anilines is 2. The molecule has 11 heteroatoms. The Balaban J connectivity index is 1.82. The molecule has 0 bridgehead atoms. The van der Waals surface area contributed by atoms with E-state index in [2.05, 4.69) is 9.69 Å². The summed E-state index contributed by atoms with van der Waals surface area (Å²) in [6.07, 6.45) is 5.02. The number of aromatic nitrogens is 1. The van der Waals surface area contributed by atoms with Gasteiger partial charge >= 0.3 is 0 Å². The van der Waals surface area contributed by atoms with E-state index < -0.39 is 17.9 Å². The number of amides is 3. The zero-order valence-electron chi connectivity index (χ0n) is 23.1. The fourth-order valence-electron chi connectivity index (χ4n) is 5.01. The van der Waals surface area contributed by atoms with E-state index in [4.69, 9.17) is 16.2 Å². The standard InChI is InChI=1S/C29H36N6O4S/c1-34(2)21-15-13-18(14-16-21)25(28(37)32-20-10-5-4-6-11-20)35(17-19-9-7-8-12-22(19)39-3)29(38)26-23(30)24(27(31)36)33-40-26/h7-9,12-16,20,25H,4-6,10-11,17,30H2,1-3H3,(H2,31,36)(H,32,37)/t25-/m1/s1. The van der Waals surface area contributed by atoms with Crippen molar-refractivity contribution in [2.45, 2.75) is 50.7 Å². The quantitative estimate of drug-likeness (QED) is 0.340. The highest BCUT2D eigenvalue weighted by molar-refractivity contribution is 7.09. The summed E-state index contributed by atoms with van der Waals surface area (Å²) < 4.78 is 9.59. The molecule has 1 fully saturated rings. The lowest BCUT2D eigenvalue weighted by Crippen LogP contribution is -2.46. The summed E-state index contributed by atoms with van der Waals surface area (Å²) in [6.45, 7) is 0.0459. The van der Waals surface area contributed by atoms with Crippen LogP contribution in [0.1, 0.15) is 69.4 Å². The van der Waals surface area contributed by atoms with Gasteiger partial charge in [0.15, 0.2) is 5.69 Å². The Bertz CT molecular complexity index is 1350. The van der Waals surface area contributed by atoms with Gasteiger partial charge in [0.25, 0.3) is 11.8 Å². The summed E-state index contributed by atoms with van der Waals surface area (Å²) in [7, 11) is 5.42. The fraction of sp³-hybridized carbons (Fsp3) is 0.379. The van der Waals surface area contributed by atoms with E-state index in [0.717, 1.165) is 49.3 Å². The van der Waals surface area contributed by atoms with E-state index in [9.17, 15) is 14.4 Å². The van der Waals surface area contributed by atoms with Crippen LogP contribution in [0.15, 0.2) is 48.5 Å². The summed E-state index contributed by atoms with van der Waals surface area (Å²) in [5.74, 6) is -1.07. The van der Waals surface area contributed by atoms with Crippen molar-refractivity contribution >= 4 is 40.6 Å². The number of nitrogen functional groups attached to an aromatic ring is 1. The first-order valence-corrected chi connectivity index (χ1v) is 14.0. The van der Waals surface area contributed by atoms with Crippen molar-refractivity contribution in [3.8, 4) is 5.75 Å². The number of hydrogen-bond donors (Lipinski definition) is 3. The van der Waals surface area contributed by atoms with Crippen molar-refractivity contribution in [2.75, 3.05) is 31.8 Å². The average Bonchev–Trinajstić information content (AvgIpc) is 3.34. The van der Waals surface area contributed by atoms with Gasteiger partial charge in [0.05, 0.1) is 19.3 Å². The van der Waals surface area contributed by atoms with Crippen LogP contribution in [-0.4, -0.2) is 54.2 Å². The van der Waals surface area contributed by atoms with Gasteiger partial charge in [-0.15, -0.1) is 0 Å². The number of rotatable bonds is 10.